The molecule has 2 aromatic carbocycles. The normalized spacial score (nSPS) is 15.6. The van der Waals surface area contributed by atoms with Crippen LogP contribution in [0.5, 0.6) is 11.5 Å². The number of benzene rings is 2. The van der Waals surface area contributed by atoms with Crippen molar-refractivity contribution in [1.29, 1.82) is 0 Å². The minimum absolute atomic E-state index is 0.305. The second-order valence-electron chi connectivity index (χ2n) is 6.35. The third-order valence-corrected chi connectivity index (χ3v) is 4.14. The smallest absolute Gasteiger partial charge is 0.248 e. The van der Waals surface area contributed by atoms with E-state index < -0.39 is 0 Å². The van der Waals surface area contributed by atoms with Crippen molar-refractivity contribution in [1.82, 2.24) is 9.97 Å². The summed E-state index contributed by atoms with van der Waals surface area (Å²) < 4.78 is 22.6. The third kappa shape index (κ3) is 6.17. The van der Waals surface area contributed by atoms with Gasteiger partial charge in [0.05, 0.1) is 32.6 Å². The van der Waals surface area contributed by atoms with Gasteiger partial charge in [-0.25, -0.2) is 4.98 Å². The van der Waals surface area contributed by atoms with Crippen molar-refractivity contribution >= 4 is 23.1 Å². The minimum atomic E-state index is 0.305. The van der Waals surface area contributed by atoms with Crippen LogP contribution in [0.1, 0.15) is 0 Å². The largest absolute Gasteiger partial charge is 0.489 e. The number of hydrogen-bond acceptors (Lipinski definition) is 9. The molecule has 0 amide bonds. The second-order valence-corrected chi connectivity index (χ2v) is 6.35. The Morgan fingerprint density at radius 1 is 0.613 bits per heavy atom. The van der Waals surface area contributed by atoms with Gasteiger partial charge in [0.1, 0.15) is 36.1 Å². The number of para-hydroxylation sites is 2. The SMILES string of the molecule is c1ccc2c(c1)N=Nc1cnc([nH]1)N=Nc1ccccc1OCCOCCOCCO2. The lowest BCUT2D eigenvalue weighted by molar-refractivity contribution is 0.0274. The molecule has 0 fully saturated rings. The number of azo groups is 2. The van der Waals surface area contributed by atoms with Crippen molar-refractivity contribution in [3.05, 3.63) is 54.7 Å². The van der Waals surface area contributed by atoms with Crippen LogP contribution < -0.4 is 9.47 Å². The number of ether oxygens (including phenoxy) is 4. The fraction of sp³-hybridized carbons (Fsp3) is 0.286. The van der Waals surface area contributed by atoms with E-state index >= 15 is 0 Å². The molecule has 10 heteroatoms. The number of aromatic nitrogens is 2. The number of rotatable bonds is 0. The van der Waals surface area contributed by atoms with E-state index in [4.69, 9.17) is 18.9 Å². The highest BCUT2D eigenvalue weighted by Gasteiger charge is 2.05. The zero-order valence-corrected chi connectivity index (χ0v) is 16.8. The molecule has 160 valence electrons. The van der Waals surface area contributed by atoms with Gasteiger partial charge in [0.25, 0.3) is 0 Å². The van der Waals surface area contributed by atoms with E-state index in [1.54, 1.807) is 0 Å². The van der Waals surface area contributed by atoms with Gasteiger partial charge in [-0.15, -0.1) is 20.5 Å². The summed E-state index contributed by atoms with van der Waals surface area (Å²) >= 11 is 0. The highest BCUT2D eigenvalue weighted by molar-refractivity contribution is 5.52. The molecule has 0 aliphatic carbocycles. The summed E-state index contributed by atoms with van der Waals surface area (Å²) in [6, 6.07) is 14.7. The molecule has 0 atom stereocenters. The predicted octanol–water partition coefficient (Wildman–Crippen LogP) is 5.04. The zero-order valence-electron chi connectivity index (χ0n) is 16.8. The summed E-state index contributed by atoms with van der Waals surface area (Å²) in [6.45, 7) is 2.58. The first kappa shape index (κ1) is 20.6. The first-order chi connectivity index (χ1) is 15.4. The molecule has 10 nitrogen and oxygen atoms in total. The van der Waals surface area contributed by atoms with Crippen LogP contribution in [-0.4, -0.2) is 49.6 Å². The Kier molecular flexibility index (Phi) is 7.29. The highest BCUT2D eigenvalue weighted by Crippen LogP contribution is 2.30. The van der Waals surface area contributed by atoms with Crippen molar-refractivity contribution in [3.8, 4) is 11.5 Å². The number of hydrogen-bond donors (Lipinski definition) is 1. The van der Waals surface area contributed by atoms with Crippen molar-refractivity contribution < 1.29 is 18.9 Å². The van der Waals surface area contributed by atoms with Crippen LogP contribution in [0, 0.1) is 0 Å². The van der Waals surface area contributed by atoms with Gasteiger partial charge in [-0.3, -0.25) is 0 Å². The average molecular weight is 422 g/mol. The van der Waals surface area contributed by atoms with Crippen LogP contribution in [0.25, 0.3) is 0 Å². The van der Waals surface area contributed by atoms with E-state index in [1.807, 2.05) is 48.5 Å². The second kappa shape index (κ2) is 11.0. The Bertz CT molecular complexity index is 956. The van der Waals surface area contributed by atoms with Gasteiger partial charge in [0, 0.05) is 0 Å². The number of nitrogens with one attached hydrogen (secondary N) is 1. The topological polar surface area (TPSA) is 115 Å². The average Bonchev–Trinajstić information content (AvgIpc) is 3.26. The maximum Gasteiger partial charge on any atom is 0.248 e. The molecule has 0 saturated heterocycles. The molecule has 1 aromatic heterocycles. The van der Waals surface area contributed by atoms with Crippen molar-refractivity contribution in [2.75, 3.05) is 39.6 Å². The van der Waals surface area contributed by atoms with Gasteiger partial charge in [-0.2, -0.15) is 0 Å². The Morgan fingerprint density at radius 3 is 1.81 bits per heavy atom. The van der Waals surface area contributed by atoms with E-state index in [-0.39, 0.29) is 0 Å². The molecule has 0 unspecified atom stereocenters. The first-order valence-electron chi connectivity index (χ1n) is 9.86. The van der Waals surface area contributed by atoms with E-state index in [0.717, 1.165) is 0 Å². The molecule has 0 spiro atoms. The monoisotopic (exact) mass is 422 g/mol. The Hall–Kier alpha value is -3.63. The summed E-state index contributed by atoms with van der Waals surface area (Å²) in [5, 5.41) is 16.8. The van der Waals surface area contributed by atoms with Crippen LogP contribution in [0.2, 0.25) is 0 Å². The van der Waals surface area contributed by atoms with Gasteiger partial charge in [-0.1, -0.05) is 24.3 Å². The number of H-pyrrole nitrogens is 1. The van der Waals surface area contributed by atoms with Crippen LogP contribution in [-0.2, 0) is 9.47 Å². The third-order valence-electron chi connectivity index (χ3n) is 4.14. The van der Waals surface area contributed by atoms with E-state index in [0.29, 0.717) is 74.3 Å². The quantitative estimate of drug-likeness (QED) is 0.545. The lowest BCUT2D eigenvalue weighted by Gasteiger charge is -2.10. The molecule has 2 heterocycles. The number of fused-ring (bicyclic) bond motifs is 4. The fourth-order valence-electron chi connectivity index (χ4n) is 2.68. The summed E-state index contributed by atoms with van der Waals surface area (Å²) in [5.41, 5.74) is 1.18. The maximum absolute atomic E-state index is 5.76. The molecular formula is C21H22N6O4. The molecule has 31 heavy (non-hydrogen) atoms. The Labute approximate surface area is 179 Å². The summed E-state index contributed by atoms with van der Waals surface area (Å²) in [6.07, 6.45) is 1.53. The van der Waals surface area contributed by atoms with Crippen LogP contribution in [0.15, 0.2) is 75.2 Å². The number of nitrogens with zero attached hydrogens (tertiary/aromatic N) is 5. The lowest BCUT2D eigenvalue weighted by Crippen LogP contribution is -2.13. The Balaban J connectivity index is 1.54. The lowest BCUT2D eigenvalue weighted by atomic mass is 10.3. The molecule has 1 N–H and O–H groups in total. The van der Waals surface area contributed by atoms with Crippen molar-refractivity contribution in [2.24, 2.45) is 20.5 Å². The Morgan fingerprint density at radius 2 is 1.16 bits per heavy atom. The van der Waals surface area contributed by atoms with E-state index in [1.165, 1.54) is 6.20 Å². The molecule has 1 aliphatic heterocycles. The number of aromatic amines is 1. The minimum Gasteiger partial charge on any atom is -0.489 e. The van der Waals surface area contributed by atoms with Crippen LogP contribution in [0.3, 0.4) is 0 Å². The van der Waals surface area contributed by atoms with Gasteiger partial charge in [-0.05, 0) is 24.3 Å². The van der Waals surface area contributed by atoms with E-state index in [9.17, 15) is 0 Å². The van der Waals surface area contributed by atoms with Crippen molar-refractivity contribution in [2.45, 2.75) is 0 Å². The molecule has 1 aliphatic rings. The molecule has 3 aromatic rings. The molecule has 0 radical (unpaired) electrons. The summed E-state index contributed by atoms with van der Waals surface area (Å²) in [5.74, 6) is 1.97. The first-order valence-corrected chi connectivity index (χ1v) is 9.86. The standard InChI is InChI=1S/C21H22N6O4/c1-3-7-18-16(5-1)24-26-20-15-22-21(23-20)27-25-17-6-2-4-8-19(17)31-14-12-29-10-9-28-11-13-30-18/h1-8,15H,9-14H2,(H,22,23). The van der Waals surface area contributed by atoms with Crippen LogP contribution in [0.4, 0.5) is 23.1 Å². The molecule has 0 saturated carbocycles. The maximum atomic E-state index is 5.76. The fourth-order valence-corrected chi connectivity index (χ4v) is 2.68. The summed E-state index contributed by atoms with van der Waals surface area (Å²) in [4.78, 5) is 7.11. The van der Waals surface area contributed by atoms with Crippen molar-refractivity contribution in [3.63, 3.8) is 0 Å². The van der Waals surface area contributed by atoms with Gasteiger partial charge >= 0.3 is 0 Å². The molecule has 4 rings (SSSR count). The van der Waals surface area contributed by atoms with E-state index in [2.05, 4.69) is 30.4 Å². The van der Waals surface area contributed by atoms with Gasteiger partial charge in [0.15, 0.2) is 5.82 Å². The zero-order chi connectivity index (χ0) is 21.1. The molecular weight excluding hydrogens is 400 g/mol. The van der Waals surface area contributed by atoms with Crippen LogP contribution >= 0.6 is 0 Å². The highest BCUT2D eigenvalue weighted by atomic mass is 16.6. The number of imidazole rings is 1. The predicted molar refractivity (Wildman–Crippen MR) is 112 cm³/mol. The molecule has 2 bridgehead atoms. The van der Waals surface area contributed by atoms with Gasteiger partial charge in [0.2, 0.25) is 5.95 Å². The van der Waals surface area contributed by atoms with Gasteiger partial charge < -0.3 is 23.9 Å². The summed E-state index contributed by atoms with van der Waals surface area (Å²) in [7, 11) is 0.